The number of methoxy groups -OCH3 is 1. The van der Waals surface area contributed by atoms with Gasteiger partial charge in [-0.1, -0.05) is 18.2 Å². The van der Waals surface area contributed by atoms with E-state index in [1.54, 1.807) is 19.4 Å². The summed E-state index contributed by atoms with van der Waals surface area (Å²) in [4.78, 5) is 15.8. The smallest absolute Gasteiger partial charge is 0.230 e. The highest BCUT2D eigenvalue weighted by atomic mass is 19.1. The molecule has 0 bridgehead atoms. The lowest BCUT2D eigenvalue weighted by Crippen LogP contribution is -2.39. The van der Waals surface area contributed by atoms with E-state index >= 15 is 0 Å². The lowest BCUT2D eigenvalue weighted by atomic mass is 9.83. The fourth-order valence-corrected chi connectivity index (χ4v) is 2.98. The average molecular weight is 340 g/mol. The van der Waals surface area contributed by atoms with Gasteiger partial charge in [-0.05, 0) is 43.7 Å². The van der Waals surface area contributed by atoms with E-state index in [0.717, 1.165) is 22.3 Å². The number of nitrogens with one attached hydrogen (secondary N) is 2. The molecule has 0 fully saturated rings. The summed E-state index contributed by atoms with van der Waals surface area (Å²) in [5, 5.41) is 3.82. The van der Waals surface area contributed by atoms with Crippen LogP contribution in [0.5, 0.6) is 5.75 Å². The molecular weight excluding hydrogens is 319 g/mol. The van der Waals surface area contributed by atoms with Crippen molar-refractivity contribution in [2.24, 2.45) is 0 Å². The van der Waals surface area contributed by atoms with Gasteiger partial charge in [0.15, 0.2) is 0 Å². The monoisotopic (exact) mass is 340 g/mol. The van der Waals surface area contributed by atoms with Gasteiger partial charge < -0.3 is 15.0 Å². The molecular formula is C20H21FN2O2. The van der Waals surface area contributed by atoms with E-state index in [1.807, 2.05) is 38.1 Å². The molecule has 0 spiro atoms. The van der Waals surface area contributed by atoms with Crippen molar-refractivity contribution in [1.29, 1.82) is 0 Å². The zero-order valence-corrected chi connectivity index (χ0v) is 14.5. The van der Waals surface area contributed by atoms with Gasteiger partial charge in [-0.15, -0.1) is 0 Å². The summed E-state index contributed by atoms with van der Waals surface area (Å²) < 4.78 is 18.7. The molecule has 0 radical (unpaired) electrons. The number of hydrogen-bond acceptors (Lipinski definition) is 2. The molecule has 3 aromatic rings. The molecule has 3 rings (SSSR count). The average Bonchev–Trinajstić information content (AvgIpc) is 3.03. The third kappa shape index (κ3) is 3.22. The molecule has 1 aromatic heterocycles. The maximum absolute atomic E-state index is 13.4. The molecule has 5 heteroatoms. The summed E-state index contributed by atoms with van der Waals surface area (Å²) in [5.41, 5.74) is 1.66. The Labute approximate surface area is 146 Å². The lowest BCUT2D eigenvalue weighted by Gasteiger charge is -2.23. The summed E-state index contributed by atoms with van der Waals surface area (Å²) in [5.74, 6) is 0.325. The van der Waals surface area contributed by atoms with Crippen LogP contribution in [0, 0.1) is 5.82 Å². The number of ether oxygens (including phenoxy) is 1. The Balaban J connectivity index is 1.82. The first-order valence-corrected chi connectivity index (χ1v) is 8.11. The SMILES string of the molecule is COc1ccccc1CNC(=O)C(C)(C)c1c[nH]c2cc(F)ccc12. The van der Waals surface area contributed by atoms with Crippen LogP contribution in [0.1, 0.15) is 25.0 Å². The first kappa shape index (κ1) is 17.0. The quantitative estimate of drug-likeness (QED) is 0.740. The second-order valence-electron chi connectivity index (χ2n) is 6.51. The second-order valence-corrected chi connectivity index (χ2v) is 6.51. The van der Waals surface area contributed by atoms with Crippen molar-refractivity contribution in [3.63, 3.8) is 0 Å². The van der Waals surface area contributed by atoms with Crippen molar-refractivity contribution in [2.75, 3.05) is 7.11 Å². The molecule has 4 nitrogen and oxygen atoms in total. The molecule has 25 heavy (non-hydrogen) atoms. The minimum atomic E-state index is -0.766. The number of amides is 1. The van der Waals surface area contributed by atoms with Crippen molar-refractivity contribution in [3.05, 3.63) is 65.6 Å². The Morgan fingerprint density at radius 2 is 2.00 bits per heavy atom. The highest BCUT2D eigenvalue weighted by molar-refractivity contribution is 5.94. The summed E-state index contributed by atoms with van der Waals surface area (Å²) in [6.07, 6.45) is 1.77. The molecule has 1 heterocycles. The molecule has 2 aromatic carbocycles. The maximum Gasteiger partial charge on any atom is 0.230 e. The van der Waals surface area contributed by atoms with Crippen LogP contribution < -0.4 is 10.1 Å². The minimum Gasteiger partial charge on any atom is -0.496 e. The zero-order chi connectivity index (χ0) is 18.0. The number of aromatic nitrogens is 1. The van der Waals surface area contributed by atoms with E-state index < -0.39 is 5.41 Å². The van der Waals surface area contributed by atoms with Crippen LogP contribution in [0.3, 0.4) is 0 Å². The van der Waals surface area contributed by atoms with Crippen LogP contribution in [0.15, 0.2) is 48.7 Å². The maximum atomic E-state index is 13.4. The summed E-state index contributed by atoms with van der Waals surface area (Å²) in [7, 11) is 1.61. The number of halogens is 1. The van der Waals surface area contributed by atoms with Crippen LogP contribution in [-0.4, -0.2) is 18.0 Å². The number of para-hydroxylation sites is 1. The Bertz CT molecular complexity index is 915. The molecule has 0 saturated carbocycles. The number of fused-ring (bicyclic) bond motifs is 1. The third-order valence-electron chi connectivity index (χ3n) is 4.52. The molecule has 0 saturated heterocycles. The molecule has 2 N–H and O–H groups in total. The number of benzene rings is 2. The molecule has 0 atom stereocenters. The number of carbonyl (C=O) groups is 1. The normalized spacial score (nSPS) is 11.5. The largest absolute Gasteiger partial charge is 0.496 e. The van der Waals surface area contributed by atoms with E-state index in [4.69, 9.17) is 4.74 Å². The summed E-state index contributed by atoms with van der Waals surface area (Å²) >= 11 is 0. The number of hydrogen-bond donors (Lipinski definition) is 2. The Morgan fingerprint density at radius 1 is 1.24 bits per heavy atom. The number of carbonyl (C=O) groups excluding carboxylic acids is 1. The van der Waals surface area contributed by atoms with Crippen LogP contribution >= 0.6 is 0 Å². The Kier molecular flexibility index (Phi) is 4.49. The Hall–Kier alpha value is -2.82. The third-order valence-corrected chi connectivity index (χ3v) is 4.52. The van der Waals surface area contributed by atoms with E-state index in [1.165, 1.54) is 12.1 Å². The highest BCUT2D eigenvalue weighted by Crippen LogP contribution is 2.31. The van der Waals surface area contributed by atoms with Gasteiger partial charge in [0.25, 0.3) is 0 Å². The van der Waals surface area contributed by atoms with Crippen molar-refractivity contribution < 1.29 is 13.9 Å². The van der Waals surface area contributed by atoms with Crippen molar-refractivity contribution in [3.8, 4) is 5.75 Å². The fraction of sp³-hybridized carbons (Fsp3) is 0.250. The highest BCUT2D eigenvalue weighted by Gasteiger charge is 2.32. The van der Waals surface area contributed by atoms with E-state index in [0.29, 0.717) is 12.1 Å². The van der Waals surface area contributed by atoms with Gasteiger partial charge in [0.05, 0.1) is 12.5 Å². The molecule has 0 aliphatic carbocycles. The first-order chi connectivity index (χ1) is 11.9. The first-order valence-electron chi connectivity index (χ1n) is 8.11. The second kappa shape index (κ2) is 6.59. The molecule has 0 aliphatic heterocycles. The minimum absolute atomic E-state index is 0.108. The zero-order valence-electron chi connectivity index (χ0n) is 14.5. The van der Waals surface area contributed by atoms with Crippen LogP contribution in [0.25, 0.3) is 10.9 Å². The van der Waals surface area contributed by atoms with Gasteiger partial charge in [-0.25, -0.2) is 4.39 Å². The molecule has 1 amide bonds. The van der Waals surface area contributed by atoms with Crippen molar-refractivity contribution >= 4 is 16.8 Å². The van der Waals surface area contributed by atoms with E-state index in [9.17, 15) is 9.18 Å². The van der Waals surface area contributed by atoms with Gasteiger partial charge in [-0.3, -0.25) is 4.79 Å². The van der Waals surface area contributed by atoms with Crippen molar-refractivity contribution in [1.82, 2.24) is 10.3 Å². The summed E-state index contributed by atoms with van der Waals surface area (Å²) in [6.45, 7) is 4.09. The summed E-state index contributed by atoms with van der Waals surface area (Å²) in [6, 6.07) is 12.1. The van der Waals surface area contributed by atoms with Gasteiger partial charge in [-0.2, -0.15) is 0 Å². The van der Waals surface area contributed by atoms with Crippen LogP contribution in [-0.2, 0) is 16.8 Å². The topological polar surface area (TPSA) is 54.1 Å². The number of rotatable bonds is 5. The standard InChI is InChI=1S/C20H21FN2O2/c1-20(2,16-12-22-17-10-14(21)8-9-15(16)17)19(24)23-11-13-6-4-5-7-18(13)25-3/h4-10,12,22H,11H2,1-3H3,(H,23,24). The molecule has 0 aliphatic rings. The van der Waals surface area contributed by atoms with Gasteiger partial charge in [0.1, 0.15) is 11.6 Å². The van der Waals surface area contributed by atoms with Gasteiger partial charge in [0, 0.05) is 29.2 Å². The number of aromatic amines is 1. The predicted molar refractivity (Wildman–Crippen MR) is 96.1 cm³/mol. The number of H-pyrrole nitrogens is 1. The van der Waals surface area contributed by atoms with Crippen LogP contribution in [0.2, 0.25) is 0 Å². The van der Waals surface area contributed by atoms with Crippen molar-refractivity contribution in [2.45, 2.75) is 25.8 Å². The lowest BCUT2D eigenvalue weighted by molar-refractivity contribution is -0.125. The van der Waals surface area contributed by atoms with E-state index in [-0.39, 0.29) is 11.7 Å². The van der Waals surface area contributed by atoms with Gasteiger partial charge in [0.2, 0.25) is 5.91 Å². The molecule has 0 unspecified atom stereocenters. The van der Waals surface area contributed by atoms with E-state index in [2.05, 4.69) is 10.3 Å². The van der Waals surface area contributed by atoms with Crippen LogP contribution in [0.4, 0.5) is 4.39 Å². The predicted octanol–water partition coefficient (Wildman–Crippen LogP) is 3.91. The Morgan fingerprint density at radius 3 is 2.76 bits per heavy atom. The van der Waals surface area contributed by atoms with Gasteiger partial charge >= 0.3 is 0 Å². The molecule has 130 valence electrons. The fourth-order valence-electron chi connectivity index (χ4n) is 2.98.